The van der Waals surface area contributed by atoms with Crippen molar-refractivity contribution in [2.24, 2.45) is 17.3 Å². The number of carboxylic acids is 1. The van der Waals surface area contributed by atoms with Crippen molar-refractivity contribution in [3.05, 3.63) is 11.6 Å². The molecule has 224 valence electrons. The summed E-state index contributed by atoms with van der Waals surface area (Å²) in [6.45, 7) is 18.6. The number of alkyl carbamates (subject to hydrolysis) is 1. The Labute approximate surface area is 234 Å². The van der Waals surface area contributed by atoms with Crippen LogP contribution in [0.25, 0.3) is 0 Å². The van der Waals surface area contributed by atoms with Gasteiger partial charge >= 0.3 is 12.1 Å². The lowest BCUT2D eigenvalue weighted by molar-refractivity contribution is -0.149. The molecule has 39 heavy (non-hydrogen) atoms. The van der Waals surface area contributed by atoms with Gasteiger partial charge in [0.1, 0.15) is 11.6 Å². The average Bonchev–Trinajstić information content (AvgIpc) is 3.27. The molecule has 0 aliphatic carbocycles. The summed E-state index contributed by atoms with van der Waals surface area (Å²) in [6, 6.07) is -1.63. The number of carbonyl (C=O) groups excluding carboxylic acids is 3. The van der Waals surface area contributed by atoms with Crippen molar-refractivity contribution in [1.82, 2.24) is 15.1 Å². The van der Waals surface area contributed by atoms with E-state index in [-0.39, 0.29) is 23.8 Å². The smallest absolute Gasteiger partial charge is 0.408 e. The van der Waals surface area contributed by atoms with Crippen LogP contribution in [0.5, 0.6) is 0 Å². The molecule has 3 unspecified atom stereocenters. The molecule has 0 bridgehead atoms. The molecule has 5 atom stereocenters. The second-order valence-electron chi connectivity index (χ2n) is 13.0. The first kappa shape index (κ1) is 34.4. The van der Waals surface area contributed by atoms with E-state index in [4.69, 9.17) is 9.47 Å². The summed E-state index contributed by atoms with van der Waals surface area (Å²) in [5, 5.41) is 12.3. The van der Waals surface area contributed by atoms with E-state index in [0.717, 1.165) is 6.42 Å². The summed E-state index contributed by atoms with van der Waals surface area (Å²) >= 11 is 0. The molecule has 1 aliphatic rings. The first-order chi connectivity index (χ1) is 17.7. The van der Waals surface area contributed by atoms with Gasteiger partial charge in [0.05, 0.1) is 24.1 Å². The molecule has 1 aliphatic heterocycles. The Morgan fingerprint density at radius 3 is 2.08 bits per heavy atom. The number of carboxylic acid groups (broad SMARTS) is 1. The Balaban J connectivity index is 3.24. The minimum absolute atomic E-state index is 0.0306. The van der Waals surface area contributed by atoms with E-state index in [1.54, 1.807) is 57.5 Å². The maximum Gasteiger partial charge on any atom is 0.408 e. The molecule has 10 heteroatoms. The summed E-state index contributed by atoms with van der Waals surface area (Å²) in [5.74, 6) is -2.27. The standard InChI is InChI=1S/C29H51N3O7/c1-17(2)21(31(11)25(34)23(28(5,6)7)30-27(37)39-29(8,9)10)16-18(3)24(33)32-15-13-14-20(32)22(38-12)19(4)26(35)36/h16-17,19-23H,13-15H2,1-12H3,(H,30,37)(H,35,36)/t19-,20?,21?,22-,23?/m1/s1. The van der Waals surface area contributed by atoms with Crippen LogP contribution < -0.4 is 5.32 Å². The molecule has 1 rings (SSSR count). The van der Waals surface area contributed by atoms with E-state index in [0.29, 0.717) is 18.5 Å². The topological polar surface area (TPSA) is 125 Å². The van der Waals surface area contributed by atoms with E-state index >= 15 is 0 Å². The van der Waals surface area contributed by atoms with E-state index in [1.165, 1.54) is 7.11 Å². The van der Waals surface area contributed by atoms with Crippen molar-refractivity contribution in [1.29, 1.82) is 0 Å². The van der Waals surface area contributed by atoms with Crippen LogP contribution in [0.1, 0.15) is 82.1 Å². The number of aliphatic carboxylic acids is 1. The molecule has 10 nitrogen and oxygen atoms in total. The fourth-order valence-corrected chi connectivity index (χ4v) is 4.95. The highest BCUT2D eigenvalue weighted by Gasteiger charge is 2.41. The number of nitrogens with zero attached hydrogens (tertiary/aromatic N) is 2. The van der Waals surface area contributed by atoms with Crippen LogP contribution in [0, 0.1) is 17.3 Å². The lowest BCUT2D eigenvalue weighted by Gasteiger charge is -2.38. The van der Waals surface area contributed by atoms with Crippen molar-refractivity contribution in [2.75, 3.05) is 20.7 Å². The number of amides is 3. The van der Waals surface area contributed by atoms with Crippen molar-refractivity contribution in [2.45, 2.75) is 112 Å². The monoisotopic (exact) mass is 553 g/mol. The average molecular weight is 554 g/mol. The number of rotatable bonds is 10. The van der Waals surface area contributed by atoms with Crippen molar-refractivity contribution < 1.29 is 33.8 Å². The predicted molar refractivity (Wildman–Crippen MR) is 150 cm³/mol. The Morgan fingerprint density at radius 1 is 1.08 bits per heavy atom. The first-order valence-corrected chi connectivity index (χ1v) is 13.7. The second kappa shape index (κ2) is 13.6. The maximum absolute atomic E-state index is 13.7. The molecule has 2 N–H and O–H groups in total. The van der Waals surface area contributed by atoms with E-state index < -0.39 is 47.2 Å². The third kappa shape index (κ3) is 9.51. The van der Waals surface area contributed by atoms with Crippen LogP contribution >= 0.6 is 0 Å². The van der Waals surface area contributed by atoms with Crippen LogP contribution in [-0.2, 0) is 23.9 Å². The van der Waals surface area contributed by atoms with Crippen LogP contribution in [0.2, 0.25) is 0 Å². The van der Waals surface area contributed by atoms with Crippen molar-refractivity contribution >= 4 is 23.9 Å². The van der Waals surface area contributed by atoms with Gasteiger partial charge < -0.3 is 29.7 Å². The Bertz CT molecular complexity index is 917. The van der Waals surface area contributed by atoms with Gasteiger partial charge in [-0.15, -0.1) is 0 Å². The first-order valence-electron chi connectivity index (χ1n) is 13.7. The van der Waals surface area contributed by atoms with Gasteiger partial charge in [-0.05, 0) is 58.8 Å². The largest absolute Gasteiger partial charge is 0.481 e. The SMILES string of the molecule is CO[C@@H](C1CCCN1C(=O)C(C)=CC(C(C)C)N(C)C(=O)C(NC(=O)OC(C)(C)C)C(C)(C)C)[C@@H](C)C(=O)O. The molecule has 0 aromatic heterocycles. The van der Waals surface area contributed by atoms with Gasteiger partial charge in [0.2, 0.25) is 11.8 Å². The highest BCUT2D eigenvalue weighted by Crippen LogP contribution is 2.29. The molecular weight excluding hydrogens is 502 g/mol. The van der Waals surface area contributed by atoms with E-state index in [1.807, 2.05) is 34.6 Å². The maximum atomic E-state index is 13.7. The highest BCUT2D eigenvalue weighted by molar-refractivity contribution is 5.94. The van der Waals surface area contributed by atoms with Gasteiger partial charge in [-0.2, -0.15) is 0 Å². The van der Waals surface area contributed by atoms with Crippen molar-refractivity contribution in [3.8, 4) is 0 Å². The zero-order valence-corrected chi connectivity index (χ0v) is 26.0. The third-order valence-corrected chi connectivity index (χ3v) is 7.10. The molecule has 1 fully saturated rings. The van der Waals surface area contributed by atoms with Crippen LogP contribution in [0.4, 0.5) is 4.79 Å². The summed E-state index contributed by atoms with van der Waals surface area (Å²) < 4.78 is 10.9. The minimum Gasteiger partial charge on any atom is -0.481 e. The number of nitrogens with one attached hydrogen (secondary N) is 1. The number of methoxy groups -OCH3 is 1. The van der Waals surface area contributed by atoms with Gasteiger partial charge in [-0.25, -0.2) is 4.79 Å². The fraction of sp³-hybridized carbons (Fsp3) is 0.793. The Hall–Kier alpha value is -2.62. The molecule has 0 aromatic carbocycles. The van der Waals surface area contributed by atoms with Gasteiger partial charge in [-0.3, -0.25) is 14.4 Å². The number of carbonyl (C=O) groups is 4. The number of likely N-dealkylation sites (N-methyl/N-ethyl adjacent to an activating group) is 1. The van der Waals surface area contributed by atoms with Crippen LogP contribution in [-0.4, -0.2) is 89.3 Å². The fourth-order valence-electron chi connectivity index (χ4n) is 4.95. The quantitative estimate of drug-likeness (QED) is 0.391. The number of hydrogen-bond donors (Lipinski definition) is 2. The van der Waals surface area contributed by atoms with Crippen LogP contribution in [0.3, 0.4) is 0 Å². The molecule has 0 spiro atoms. The van der Waals surface area contributed by atoms with Gasteiger partial charge in [-0.1, -0.05) is 40.7 Å². The lowest BCUT2D eigenvalue weighted by Crippen LogP contribution is -2.57. The number of ether oxygens (including phenoxy) is 2. The zero-order valence-electron chi connectivity index (χ0n) is 26.0. The Morgan fingerprint density at radius 2 is 1.64 bits per heavy atom. The predicted octanol–water partition coefficient (Wildman–Crippen LogP) is 4.08. The number of likely N-dealkylation sites (tertiary alicyclic amines) is 1. The molecular formula is C29H51N3O7. The molecule has 0 saturated carbocycles. The zero-order chi connectivity index (χ0) is 30.5. The minimum atomic E-state index is -0.971. The summed E-state index contributed by atoms with van der Waals surface area (Å²) in [7, 11) is 3.14. The van der Waals surface area contributed by atoms with Crippen LogP contribution in [0.15, 0.2) is 11.6 Å². The lowest BCUT2D eigenvalue weighted by atomic mass is 9.85. The third-order valence-electron chi connectivity index (χ3n) is 7.10. The summed E-state index contributed by atoms with van der Waals surface area (Å²) in [6.07, 6.45) is 1.90. The molecule has 3 amide bonds. The van der Waals surface area contributed by atoms with E-state index in [9.17, 15) is 24.3 Å². The van der Waals surface area contributed by atoms with Crippen molar-refractivity contribution in [3.63, 3.8) is 0 Å². The van der Waals surface area contributed by atoms with Gasteiger partial charge in [0.15, 0.2) is 0 Å². The van der Waals surface area contributed by atoms with E-state index in [2.05, 4.69) is 5.32 Å². The number of hydrogen-bond acceptors (Lipinski definition) is 6. The molecule has 1 heterocycles. The second-order valence-corrected chi connectivity index (χ2v) is 13.0. The molecule has 1 saturated heterocycles. The highest BCUT2D eigenvalue weighted by atomic mass is 16.6. The normalized spacial score (nSPS) is 19.8. The summed E-state index contributed by atoms with van der Waals surface area (Å²) in [4.78, 5) is 54.7. The molecule has 0 aromatic rings. The molecule has 0 radical (unpaired) electrons. The summed E-state index contributed by atoms with van der Waals surface area (Å²) in [5.41, 5.74) is -0.845. The van der Waals surface area contributed by atoms with Gasteiger partial charge in [0, 0.05) is 26.3 Å². The Kier molecular flexibility index (Phi) is 12.0. The van der Waals surface area contributed by atoms with Gasteiger partial charge in [0.25, 0.3) is 0 Å².